The summed E-state index contributed by atoms with van der Waals surface area (Å²) in [5.74, 6) is 3.13. The van der Waals surface area contributed by atoms with Gasteiger partial charge in [-0.05, 0) is 56.3 Å². The summed E-state index contributed by atoms with van der Waals surface area (Å²) in [6.45, 7) is 4.16. The lowest BCUT2D eigenvalue weighted by Crippen LogP contribution is -2.53. The van der Waals surface area contributed by atoms with Crippen LogP contribution in [0.1, 0.15) is 77.0 Å². The summed E-state index contributed by atoms with van der Waals surface area (Å²) in [5.41, 5.74) is 0. The van der Waals surface area contributed by atoms with E-state index >= 15 is 0 Å². The highest BCUT2D eigenvalue weighted by atomic mass is 15.2. The molecular weight excluding hydrogens is 268 g/mol. The molecule has 0 bridgehead atoms. The highest BCUT2D eigenvalue weighted by molar-refractivity contribution is 4.90. The van der Waals surface area contributed by atoms with Crippen LogP contribution in [-0.2, 0) is 0 Å². The van der Waals surface area contributed by atoms with Crippen LogP contribution in [0.4, 0.5) is 0 Å². The molecule has 2 heteroatoms. The van der Waals surface area contributed by atoms with Crippen LogP contribution >= 0.6 is 0 Å². The van der Waals surface area contributed by atoms with Crippen LogP contribution in [0.3, 0.4) is 0 Å². The van der Waals surface area contributed by atoms with Gasteiger partial charge in [0.25, 0.3) is 0 Å². The van der Waals surface area contributed by atoms with Gasteiger partial charge in [-0.2, -0.15) is 0 Å². The van der Waals surface area contributed by atoms with Gasteiger partial charge < -0.3 is 10.2 Å². The van der Waals surface area contributed by atoms with Crippen molar-refractivity contribution in [3.8, 4) is 0 Å². The Kier molecular flexibility index (Phi) is 5.07. The normalized spacial score (nSPS) is 35.5. The molecule has 1 aliphatic heterocycles. The zero-order chi connectivity index (χ0) is 14.8. The van der Waals surface area contributed by atoms with Crippen molar-refractivity contribution in [1.82, 2.24) is 10.2 Å². The maximum Gasteiger partial charge on any atom is 0.0200 e. The third-order valence-electron chi connectivity index (χ3n) is 6.79. The molecule has 4 rings (SSSR count). The van der Waals surface area contributed by atoms with Crippen molar-refractivity contribution in [1.29, 1.82) is 0 Å². The molecule has 1 heterocycles. The molecule has 1 saturated heterocycles. The van der Waals surface area contributed by atoms with Gasteiger partial charge in [0.2, 0.25) is 0 Å². The fraction of sp³-hybridized carbons (Fsp3) is 1.00. The summed E-state index contributed by atoms with van der Waals surface area (Å²) in [6, 6.07) is 1.63. The molecule has 22 heavy (non-hydrogen) atoms. The second kappa shape index (κ2) is 7.21. The molecule has 0 spiro atoms. The Balaban J connectivity index is 1.31. The first kappa shape index (κ1) is 15.4. The molecule has 0 aromatic carbocycles. The van der Waals surface area contributed by atoms with Crippen molar-refractivity contribution >= 4 is 0 Å². The van der Waals surface area contributed by atoms with Gasteiger partial charge in [0.15, 0.2) is 0 Å². The number of rotatable bonds is 6. The molecule has 4 fully saturated rings. The standard InChI is InChI=1S/C20H36N2/c1-2-7-19(8-3-1)21-20-12-18(11-16-9-10-16)14-22(15-20)13-17-5-4-6-17/h16-21H,1-15H2. The van der Waals surface area contributed by atoms with E-state index in [9.17, 15) is 0 Å². The van der Waals surface area contributed by atoms with Crippen LogP contribution < -0.4 is 5.32 Å². The van der Waals surface area contributed by atoms with Gasteiger partial charge in [-0.1, -0.05) is 38.5 Å². The maximum absolute atomic E-state index is 4.08. The molecule has 3 saturated carbocycles. The van der Waals surface area contributed by atoms with Crippen LogP contribution in [0, 0.1) is 17.8 Å². The van der Waals surface area contributed by atoms with Gasteiger partial charge in [-0.3, -0.25) is 0 Å². The summed E-state index contributed by atoms with van der Waals surface area (Å²) in [6.07, 6.45) is 17.8. The van der Waals surface area contributed by atoms with Crippen molar-refractivity contribution < 1.29 is 0 Å². The van der Waals surface area contributed by atoms with E-state index in [2.05, 4.69) is 10.2 Å². The summed E-state index contributed by atoms with van der Waals surface area (Å²) < 4.78 is 0. The van der Waals surface area contributed by atoms with Crippen molar-refractivity contribution in [3.05, 3.63) is 0 Å². The fourth-order valence-electron chi connectivity index (χ4n) is 5.21. The van der Waals surface area contributed by atoms with Gasteiger partial charge in [-0.15, -0.1) is 0 Å². The van der Waals surface area contributed by atoms with Crippen LogP contribution in [0.2, 0.25) is 0 Å². The molecule has 0 aromatic heterocycles. The van der Waals surface area contributed by atoms with Crippen molar-refractivity contribution in [2.75, 3.05) is 19.6 Å². The Morgan fingerprint density at radius 1 is 0.682 bits per heavy atom. The molecule has 2 unspecified atom stereocenters. The van der Waals surface area contributed by atoms with E-state index in [1.165, 1.54) is 96.7 Å². The van der Waals surface area contributed by atoms with E-state index < -0.39 is 0 Å². The van der Waals surface area contributed by atoms with Crippen LogP contribution in [0.25, 0.3) is 0 Å². The van der Waals surface area contributed by atoms with Crippen molar-refractivity contribution in [2.24, 2.45) is 17.8 Å². The lowest BCUT2D eigenvalue weighted by Gasteiger charge is -2.43. The van der Waals surface area contributed by atoms with Crippen LogP contribution in [0.15, 0.2) is 0 Å². The Bertz CT molecular complexity index is 342. The van der Waals surface area contributed by atoms with Gasteiger partial charge >= 0.3 is 0 Å². The number of hydrogen-bond acceptors (Lipinski definition) is 2. The molecule has 0 aromatic rings. The first-order chi connectivity index (χ1) is 10.8. The van der Waals surface area contributed by atoms with Gasteiger partial charge in [0.1, 0.15) is 0 Å². The second-order valence-corrected chi connectivity index (χ2v) is 8.99. The number of hydrogen-bond donors (Lipinski definition) is 1. The first-order valence-corrected chi connectivity index (χ1v) is 10.3. The summed E-state index contributed by atoms with van der Waals surface area (Å²) in [4.78, 5) is 2.85. The number of nitrogens with zero attached hydrogens (tertiary/aromatic N) is 1. The molecule has 1 N–H and O–H groups in total. The quantitative estimate of drug-likeness (QED) is 0.791. The van der Waals surface area contributed by atoms with Crippen LogP contribution in [0.5, 0.6) is 0 Å². The monoisotopic (exact) mass is 304 g/mol. The summed E-state index contributed by atoms with van der Waals surface area (Å²) >= 11 is 0. The zero-order valence-electron chi connectivity index (χ0n) is 14.4. The topological polar surface area (TPSA) is 15.3 Å². The highest BCUT2D eigenvalue weighted by Gasteiger charge is 2.34. The van der Waals surface area contributed by atoms with E-state index in [-0.39, 0.29) is 0 Å². The van der Waals surface area contributed by atoms with E-state index in [1.54, 1.807) is 0 Å². The Morgan fingerprint density at radius 3 is 2.18 bits per heavy atom. The zero-order valence-corrected chi connectivity index (χ0v) is 14.4. The average molecular weight is 305 g/mol. The maximum atomic E-state index is 4.08. The number of likely N-dealkylation sites (tertiary alicyclic amines) is 1. The largest absolute Gasteiger partial charge is 0.310 e. The van der Waals surface area contributed by atoms with E-state index in [1.807, 2.05) is 0 Å². The van der Waals surface area contributed by atoms with E-state index in [0.717, 1.165) is 29.8 Å². The summed E-state index contributed by atoms with van der Waals surface area (Å²) in [7, 11) is 0. The minimum Gasteiger partial charge on any atom is -0.310 e. The third-order valence-corrected chi connectivity index (χ3v) is 6.79. The molecule has 126 valence electrons. The van der Waals surface area contributed by atoms with E-state index in [4.69, 9.17) is 0 Å². The lowest BCUT2D eigenvalue weighted by atomic mass is 9.83. The fourth-order valence-corrected chi connectivity index (χ4v) is 5.21. The molecule has 2 atom stereocenters. The Morgan fingerprint density at radius 2 is 1.50 bits per heavy atom. The van der Waals surface area contributed by atoms with Crippen LogP contribution in [-0.4, -0.2) is 36.6 Å². The molecule has 0 amide bonds. The van der Waals surface area contributed by atoms with Gasteiger partial charge in [-0.25, -0.2) is 0 Å². The third kappa shape index (κ3) is 4.26. The molecule has 4 aliphatic rings. The molecule has 3 aliphatic carbocycles. The summed E-state index contributed by atoms with van der Waals surface area (Å²) in [5, 5.41) is 4.08. The Labute approximate surface area is 137 Å². The second-order valence-electron chi connectivity index (χ2n) is 8.99. The van der Waals surface area contributed by atoms with Crippen molar-refractivity contribution in [3.63, 3.8) is 0 Å². The Hall–Kier alpha value is -0.0800. The van der Waals surface area contributed by atoms with Crippen molar-refractivity contribution in [2.45, 2.75) is 89.1 Å². The molecular formula is C20H36N2. The van der Waals surface area contributed by atoms with Gasteiger partial charge in [0.05, 0.1) is 0 Å². The minimum absolute atomic E-state index is 0.792. The first-order valence-electron chi connectivity index (χ1n) is 10.3. The minimum atomic E-state index is 0.792. The number of nitrogens with one attached hydrogen (secondary N) is 1. The molecule has 0 radical (unpaired) electrons. The predicted molar refractivity (Wildman–Crippen MR) is 93.0 cm³/mol. The smallest absolute Gasteiger partial charge is 0.0200 e. The number of piperidine rings is 1. The molecule has 2 nitrogen and oxygen atoms in total. The highest BCUT2D eigenvalue weighted by Crippen LogP contribution is 2.38. The lowest BCUT2D eigenvalue weighted by molar-refractivity contribution is 0.0905. The average Bonchev–Trinajstić information content (AvgIpc) is 3.28. The predicted octanol–water partition coefficient (Wildman–Crippen LogP) is 4.20. The van der Waals surface area contributed by atoms with E-state index in [0.29, 0.717) is 0 Å². The SMILES string of the molecule is C1CCC(NC2CC(CC3CC3)CN(CC3CCC3)C2)CC1. The van der Waals surface area contributed by atoms with Gasteiger partial charge in [0, 0.05) is 31.7 Å².